The van der Waals surface area contributed by atoms with Crippen LogP contribution in [-0.4, -0.2) is 50.8 Å². The molecule has 0 saturated carbocycles. The Kier molecular flexibility index (Phi) is 4.20. The molecule has 1 aromatic rings. The topological polar surface area (TPSA) is 66.6 Å². The number of anilines is 1. The van der Waals surface area contributed by atoms with E-state index >= 15 is 0 Å². The van der Waals surface area contributed by atoms with Gasteiger partial charge in [-0.15, -0.1) is 0 Å². The first kappa shape index (κ1) is 14.8. The van der Waals surface area contributed by atoms with Crippen molar-refractivity contribution in [1.82, 2.24) is 9.21 Å². The van der Waals surface area contributed by atoms with Crippen molar-refractivity contribution in [2.24, 2.45) is 0 Å². The first-order valence-electron chi connectivity index (χ1n) is 6.04. The van der Waals surface area contributed by atoms with Crippen molar-refractivity contribution in [2.45, 2.75) is 17.4 Å². The molecule has 1 heterocycles. The lowest BCUT2D eigenvalue weighted by Crippen LogP contribution is -2.34. The quantitative estimate of drug-likeness (QED) is 0.838. The van der Waals surface area contributed by atoms with Crippen molar-refractivity contribution in [3.63, 3.8) is 0 Å². The van der Waals surface area contributed by atoms with Crippen molar-refractivity contribution >= 4 is 31.6 Å². The first-order chi connectivity index (χ1) is 8.82. The molecule has 1 aliphatic heterocycles. The number of benzene rings is 1. The predicted molar refractivity (Wildman–Crippen MR) is 79.4 cm³/mol. The minimum absolute atomic E-state index is 0.279. The third-order valence-electron chi connectivity index (χ3n) is 3.43. The van der Waals surface area contributed by atoms with E-state index in [2.05, 4.69) is 20.8 Å². The highest BCUT2D eigenvalue weighted by molar-refractivity contribution is 9.10. The molecule has 1 saturated heterocycles. The third-order valence-corrected chi connectivity index (χ3v) is 6.27. The van der Waals surface area contributed by atoms with Gasteiger partial charge in [0.2, 0.25) is 10.0 Å². The molecule has 2 N–H and O–H groups in total. The predicted octanol–water partition coefficient (Wildman–Crippen LogP) is 1.36. The van der Waals surface area contributed by atoms with E-state index in [4.69, 9.17) is 5.73 Å². The van der Waals surface area contributed by atoms with Crippen LogP contribution >= 0.6 is 15.9 Å². The van der Waals surface area contributed by atoms with E-state index in [0.717, 1.165) is 6.42 Å². The molecule has 0 radical (unpaired) electrons. The van der Waals surface area contributed by atoms with Gasteiger partial charge >= 0.3 is 0 Å². The summed E-state index contributed by atoms with van der Waals surface area (Å²) in [6.07, 6.45) is 0.860. The second kappa shape index (κ2) is 5.40. The van der Waals surface area contributed by atoms with E-state index < -0.39 is 10.0 Å². The molecular formula is C12H18BrN3O2S. The summed E-state index contributed by atoms with van der Waals surface area (Å²) in [5.74, 6) is 0. The Bertz CT molecular complexity index is 574. The van der Waals surface area contributed by atoms with Gasteiger partial charge in [0, 0.05) is 29.3 Å². The van der Waals surface area contributed by atoms with Gasteiger partial charge in [-0.25, -0.2) is 8.42 Å². The van der Waals surface area contributed by atoms with Gasteiger partial charge in [-0.3, -0.25) is 0 Å². The molecule has 19 heavy (non-hydrogen) atoms. The van der Waals surface area contributed by atoms with Gasteiger partial charge in [0.05, 0.1) is 4.90 Å². The normalized spacial score (nSPS) is 21.2. The molecule has 1 unspecified atom stereocenters. The number of nitrogen functional groups attached to an aromatic ring is 1. The second-order valence-electron chi connectivity index (χ2n) is 4.96. The van der Waals surface area contributed by atoms with E-state index in [0.29, 0.717) is 23.2 Å². The maximum Gasteiger partial charge on any atom is 0.244 e. The average Bonchev–Trinajstić information content (AvgIpc) is 2.78. The fourth-order valence-corrected chi connectivity index (χ4v) is 4.76. The van der Waals surface area contributed by atoms with E-state index in [-0.39, 0.29) is 10.9 Å². The summed E-state index contributed by atoms with van der Waals surface area (Å²) in [6.45, 7) is 1.09. The standard InChI is InChI=1S/C12H18BrN3O2S/c1-15(2)10-5-6-16(8-10)19(17,18)12-4-3-9(14)7-11(12)13/h3-4,7,10H,5-6,8,14H2,1-2H3. The fraction of sp³-hybridized carbons (Fsp3) is 0.500. The van der Waals surface area contributed by atoms with E-state index in [1.807, 2.05) is 14.1 Å². The Hall–Kier alpha value is -0.630. The Morgan fingerprint density at radius 2 is 2.11 bits per heavy atom. The highest BCUT2D eigenvalue weighted by Crippen LogP contribution is 2.29. The summed E-state index contributed by atoms with van der Waals surface area (Å²) in [7, 11) is 0.496. The van der Waals surface area contributed by atoms with Crippen molar-refractivity contribution in [3.8, 4) is 0 Å². The number of rotatable bonds is 3. The molecule has 1 fully saturated rings. The van der Waals surface area contributed by atoms with Crippen LogP contribution < -0.4 is 5.73 Å². The smallest absolute Gasteiger partial charge is 0.244 e. The number of likely N-dealkylation sites (N-methyl/N-ethyl adjacent to an activating group) is 1. The van der Waals surface area contributed by atoms with Crippen LogP contribution in [-0.2, 0) is 10.0 Å². The summed E-state index contributed by atoms with van der Waals surface area (Å²) in [5.41, 5.74) is 6.18. The summed E-state index contributed by atoms with van der Waals surface area (Å²) in [4.78, 5) is 2.34. The van der Waals surface area contributed by atoms with Crippen molar-refractivity contribution in [2.75, 3.05) is 32.9 Å². The van der Waals surface area contributed by atoms with Gasteiger partial charge in [0.1, 0.15) is 0 Å². The molecule has 0 bridgehead atoms. The molecule has 2 rings (SSSR count). The minimum atomic E-state index is -3.45. The SMILES string of the molecule is CN(C)C1CCN(S(=O)(=O)c2ccc(N)cc2Br)C1. The summed E-state index contributed by atoms with van der Waals surface area (Å²) >= 11 is 3.28. The lowest BCUT2D eigenvalue weighted by atomic mass is 10.2. The lowest BCUT2D eigenvalue weighted by Gasteiger charge is -2.20. The van der Waals surface area contributed by atoms with Crippen LogP contribution in [0.4, 0.5) is 5.69 Å². The molecular weight excluding hydrogens is 330 g/mol. The van der Waals surface area contributed by atoms with Crippen LogP contribution in [0.3, 0.4) is 0 Å². The van der Waals surface area contributed by atoms with Crippen LogP contribution in [0.25, 0.3) is 0 Å². The molecule has 106 valence electrons. The number of hydrogen-bond donors (Lipinski definition) is 1. The van der Waals surface area contributed by atoms with Gasteiger partial charge in [0.15, 0.2) is 0 Å². The first-order valence-corrected chi connectivity index (χ1v) is 8.27. The molecule has 0 aliphatic carbocycles. The molecule has 0 aromatic heterocycles. The van der Waals surface area contributed by atoms with Gasteiger partial charge < -0.3 is 10.6 Å². The highest BCUT2D eigenvalue weighted by Gasteiger charge is 2.34. The molecule has 1 aliphatic rings. The summed E-state index contributed by atoms with van der Waals surface area (Å²) < 4.78 is 27.2. The molecule has 1 atom stereocenters. The summed E-state index contributed by atoms with van der Waals surface area (Å²) in [6, 6.07) is 5.06. The maximum atomic E-state index is 12.6. The lowest BCUT2D eigenvalue weighted by molar-refractivity contribution is 0.302. The molecule has 0 spiro atoms. The van der Waals surface area contributed by atoms with E-state index in [9.17, 15) is 8.42 Å². The second-order valence-corrected chi connectivity index (χ2v) is 7.72. The molecule has 5 nitrogen and oxygen atoms in total. The average molecular weight is 348 g/mol. The Labute approximate surface area is 122 Å². The zero-order valence-corrected chi connectivity index (χ0v) is 13.4. The highest BCUT2D eigenvalue weighted by atomic mass is 79.9. The van der Waals surface area contributed by atoms with Gasteiger partial charge in [-0.2, -0.15) is 4.31 Å². The van der Waals surface area contributed by atoms with Crippen molar-refractivity contribution in [1.29, 1.82) is 0 Å². The van der Waals surface area contributed by atoms with Gasteiger partial charge in [0.25, 0.3) is 0 Å². The molecule has 7 heteroatoms. The van der Waals surface area contributed by atoms with Crippen LogP contribution in [0.2, 0.25) is 0 Å². The molecule has 0 amide bonds. The molecule has 1 aromatic carbocycles. The van der Waals surface area contributed by atoms with Crippen molar-refractivity contribution in [3.05, 3.63) is 22.7 Å². The number of sulfonamides is 1. The largest absolute Gasteiger partial charge is 0.399 e. The van der Waals surface area contributed by atoms with Gasteiger partial charge in [-0.1, -0.05) is 0 Å². The number of hydrogen-bond acceptors (Lipinski definition) is 4. The van der Waals surface area contributed by atoms with Crippen LogP contribution in [0.15, 0.2) is 27.6 Å². The third kappa shape index (κ3) is 2.94. The monoisotopic (exact) mass is 347 g/mol. The van der Waals surface area contributed by atoms with Gasteiger partial charge in [-0.05, 0) is 54.6 Å². The van der Waals surface area contributed by atoms with Crippen LogP contribution in [0.1, 0.15) is 6.42 Å². The maximum absolute atomic E-state index is 12.6. The minimum Gasteiger partial charge on any atom is -0.399 e. The Balaban J connectivity index is 2.29. The van der Waals surface area contributed by atoms with Crippen LogP contribution in [0, 0.1) is 0 Å². The number of halogens is 1. The summed E-state index contributed by atoms with van der Waals surface area (Å²) in [5, 5.41) is 0. The zero-order valence-electron chi connectivity index (χ0n) is 11.0. The Morgan fingerprint density at radius 3 is 2.63 bits per heavy atom. The zero-order chi connectivity index (χ0) is 14.2. The number of nitrogens with two attached hydrogens (primary N) is 1. The Morgan fingerprint density at radius 1 is 1.42 bits per heavy atom. The fourth-order valence-electron chi connectivity index (χ4n) is 2.22. The van der Waals surface area contributed by atoms with E-state index in [1.165, 1.54) is 4.31 Å². The van der Waals surface area contributed by atoms with E-state index in [1.54, 1.807) is 18.2 Å². The van der Waals surface area contributed by atoms with Crippen molar-refractivity contribution < 1.29 is 8.42 Å². The number of nitrogens with zero attached hydrogens (tertiary/aromatic N) is 2. The van der Waals surface area contributed by atoms with Crippen LogP contribution in [0.5, 0.6) is 0 Å².